The summed E-state index contributed by atoms with van der Waals surface area (Å²) in [7, 11) is 1.65. The van der Waals surface area contributed by atoms with Crippen molar-refractivity contribution < 1.29 is 19.0 Å². The molecule has 0 aliphatic rings. The first kappa shape index (κ1) is 30.1. The number of hydrogen-bond acceptors (Lipinski definition) is 11. The SMILES string of the molecule is CCCN(c1ccc(N=Nc2nnc(SCCOCCOCCOC)s2)c(NC(C)=O)c1)C(C)CC. The summed E-state index contributed by atoms with van der Waals surface area (Å²) in [6, 6.07) is 6.24. The minimum Gasteiger partial charge on any atom is -0.382 e. The minimum absolute atomic E-state index is 0.160. The van der Waals surface area contributed by atoms with Crippen molar-refractivity contribution in [2.75, 3.05) is 62.7 Å². The van der Waals surface area contributed by atoms with Gasteiger partial charge in [0.25, 0.3) is 5.13 Å². The summed E-state index contributed by atoms with van der Waals surface area (Å²) < 4.78 is 16.6. The lowest BCUT2D eigenvalue weighted by molar-refractivity contribution is -0.114. The van der Waals surface area contributed by atoms with Crippen molar-refractivity contribution in [1.29, 1.82) is 0 Å². The molecule has 0 spiro atoms. The Labute approximate surface area is 222 Å². The molecule has 0 saturated carbocycles. The molecule has 36 heavy (non-hydrogen) atoms. The van der Waals surface area contributed by atoms with E-state index in [4.69, 9.17) is 14.2 Å². The van der Waals surface area contributed by atoms with E-state index in [1.54, 1.807) is 18.9 Å². The highest BCUT2D eigenvalue weighted by Gasteiger charge is 2.15. The van der Waals surface area contributed by atoms with Crippen LogP contribution in [0.4, 0.5) is 22.2 Å². The molecular formula is C24H38N6O4S2. The molecule has 0 saturated heterocycles. The maximum Gasteiger partial charge on any atom is 0.252 e. The third-order valence-electron chi connectivity index (χ3n) is 5.11. The van der Waals surface area contributed by atoms with E-state index in [1.165, 1.54) is 18.3 Å². The predicted molar refractivity (Wildman–Crippen MR) is 146 cm³/mol. The molecule has 10 nitrogen and oxygen atoms in total. The van der Waals surface area contributed by atoms with Gasteiger partial charge in [-0.2, -0.15) is 0 Å². The Morgan fingerprint density at radius 1 is 1.14 bits per heavy atom. The van der Waals surface area contributed by atoms with Crippen LogP contribution in [0.25, 0.3) is 0 Å². The van der Waals surface area contributed by atoms with E-state index in [2.05, 4.69) is 51.4 Å². The largest absolute Gasteiger partial charge is 0.382 e. The summed E-state index contributed by atoms with van der Waals surface area (Å²) in [5.74, 6) is 0.593. The summed E-state index contributed by atoms with van der Waals surface area (Å²) in [5, 5.41) is 20.2. The summed E-state index contributed by atoms with van der Waals surface area (Å²) >= 11 is 2.92. The minimum atomic E-state index is -0.160. The second kappa shape index (κ2) is 17.4. The van der Waals surface area contributed by atoms with E-state index in [0.717, 1.165) is 35.2 Å². The number of benzene rings is 1. The average Bonchev–Trinajstić information content (AvgIpc) is 3.32. The number of aromatic nitrogens is 2. The number of rotatable bonds is 18. The van der Waals surface area contributed by atoms with Gasteiger partial charge in [-0.15, -0.1) is 20.4 Å². The van der Waals surface area contributed by atoms with Gasteiger partial charge in [0.15, 0.2) is 4.34 Å². The standard InChI is InChI=1S/C24H38N6O4S2/c1-6-10-30(18(3)7-2)20-8-9-21(22(17-20)25-19(4)31)26-27-23-28-29-24(36-23)35-16-15-34-14-13-33-12-11-32-5/h8-9,17-18H,6-7,10-16H2,1-5H3,(H,25,31). The van der Waals surface area contributed by atoms with E-state index < -0.39 is 0 Å². The van der Waals surface area contributed by atoms with E-state index in [1.807, 2.05) is 18.2 Å². The van der Waals surface area contributed by atoms with E-state index in [-0.39, 0.29) is 5.91 Å². The average molecular weight is 539 g/mol. The second-order valence-electron chi connectivity index (χ2n) is 7.95. The summed E-state index contributed by atoms with van der Waals surface area (Å²) in [5.41, 5.74) is 2.24. The number of ether oxygens (including phenoxy) is 3. The third-order valence-corrected chi connectivity index (χ3v) is 7.01. The van der Waals surface area contributed by atoms with Crippen LogP contribution in [0.5, 0.6) is 0 Å². The zero-order chi connectivity index (χ0) is 26.2. The number of methoxy groups -OCH3 is 1. The van der Waals surface area contributed by atoms with Crippen molar-refractivity contribution in [3.8, 4) is 0 Å². The molecule has 1 amide bonds. The molecule has 1 aromatic carbocycles. The first-order valence-electron chi connectivity index (χ1n) is 12.2. The monoisotopic (exact) mass is 538 g/mol. The maximum atomic E-state index is 11.8. The Morgan fingerprint density at radius 2 is 1.89 bits per heavy atom. The molecule has 0 aliphatic carbocycles. The van der Waals surface area contributed by atoms with Gasteiger partial charge in [-0.25, -0.2) is 0 Å². The van der Waals surface area contributed by atoms with Crippen LogP contribution in [0.15, 0.2) is 32.8 Å². The Hall–Kier alpha value is -2.12. The topological polar surface area (TPSA) is 111 Å². The Balaban J connectivity index is 1.95. The van der Waals surface area contributed by atoms with Gasteiger partial charge in [0.1, 0.15) is 5.69 Å². The lowest BCUT2D eigenvalue weighted by atomic mass is 10.1. The van der Waals surface area contributed by atoms with Gasteiger partial charge in [0.05, 0.1) is 38.7 Å². The molecule has 0 aliphatic heterocycles. The van der Waals surface area contributed by atoms with Gasteiger partial charge in [0.2, 0.25) is 5.91 Å². The second-order valence-corrected chi connectivity index (χ2v) is 10.2. The van der Waals surface area contributed by atoms with Crippen molar-refractivity contribution in [2.24, 2.45) is 10.2 Å². The number of anilines is 2. The van der Waals surface area contributed by atoms with Crippen LogP contribution < -0.4 is 10.2 Å². The highest BCUT2D eigenvalue weighted by Crippen LogP contribution is 2.34. The smallest absolute Gasteiger partial charge is 0.252 e. The number of nitrogens with one attached hydrogen (secondary N) is 1. The molecule has 2 aromatic rings. The molecule has 0 fully saturated rings. The molecule has 12 heteroatoms. The quantitative estimate of drug-likeness (QED) is 0.146. The van der Waals surface area contributed by atoms with Crippen LogP contribution in [0.3, 0.4) is 0 Å². The van der Waals surface area contributed by atoms with Crippen LogP contribution >= 0.6 is 23.1 Å². The van der Waals surface area contributed by atoms with Crippen LogP contribution in [0.1, 0.15) is 40.5 Å². The van der Waals surface area contributed by atoms with Crippen molar-refractivity contribution in [3.05, 3.63) is 18.2 Å². The van der Waals surface area contributed by atoms with Gasteiger partial charge in [0, 0.05) is 38.1 Å². The lowest BCUT2D eigenvalue weighted by Crippen LogP contribution is -2.33. The molecule has 1 heterocycles. The molecule has 1 aromatic heterocycles. The van der Waals surface area contributed by atoms with Gasteiger partial charge in [-0.1, -0.05) is 36.9 Å². The lowest BCUT2D eigenvalue weighted by Gasteiger charge is -2.31. The number of nitrogens with zero attached hydrogens (tertiary/aromatic N) is 5. The van der Waals surface area contributed by atoms with Crippen molar-refractivity contribution in [1.82, 2.24) is 10.2 Å². The maximum absolute atomic E-state index is 11.8. The van der Waals surface area contributed by atoms with Gasteiger partial charge in [-0.3, -0.25) is 4.79 Å². The number of carbonyl (C=O) groups excluding carboxylic acids is 1. The third kappa shape index (κ3) is 10.9. The van der Waals surface area contributed by atoms with Crippen molar-refractivity contribution in [2.45, 2.75) is 50.9 Å². The fourth-order valence-corrected chi connectivity index (χ4v) is 4.78. The van der Waals surface area contributed by atoms with Gasteiger partial charge >= 0.3 is 0 Å². The fraction of sp³-hybridized carbons (Fsp3) is 0.625. The molecule has 1 unspecified atom stereocenters. The zero-order valence-corrected chi connectivity index (χ0v) is 23.5. The van der Waals surface area contributed by atoms with Crippen LogP contribution in [-0.4, -0.2) is 74.6 Å². The first-order chi connectivity index (χ1) is 17.5. The Kier molecular flexibility index (Phi) is 14.5. The van der Waals surface area contributed by atoms with E-state index >= 15 is 0 Å². The molecule has 0 bridgehead atoms. The Morgan fingerprint density at radius 3 is 2.58 bits per heavy atom. The van der Waals surface area contributed by atoms with Gasteiger partial charge in [-0.05, 0) is 38.0 Å². The van der Waals surface area contributed by atoms with Crippen molar-refractivity contribution in [3.63, 3.8) is 0 Å². The highest BCUT2D eigenvalue weighted by atomic mass is 32.2. The van der Waals surface area contributed by atoms with E-state index in [9.17, 15) is 4.79 Å². The summed E-state index contributed by atoms with van der Waals surface area (Å²) in [6.45, 7) is 11.8. The number of thioether (sulfide) groups is 1. The summed E-state index contributed by atoms with van der Waals surface area (Å²) in [6.07, 6.45) is 2.07. The van der Waals surface area contributed by atoms with Crippen LogP contribution in [0.2, 0.25) is 0 Å². The molecule has 1 atom stereocenters. The van der Waals surface area contributed by atoms with Crippen LogP contribution in [0, 0.1) is 0 Å². The molecule has 200 valence electrons. The number of azo groups is 1. The Bertz CT molecular complexity index is 943. The predicted octanol–water partition coefficient (Wildman–Crippen LogP) is 5.70. The van der Waals surface area contributed by atoms with E-state index in [0.29, 0.717) is 55.6 Å². The summed E-state index contributed by atoms with van der Waals surface area (Å²) in [4.78, 5) is 14.2. The zero-order valence-electron chi connectivity index (χ0n) is 21.9. The highest BCUT2D eigenvalue weighted by molar-refractivity contribution is 8.01. The molecule has 2 rings (SSSR count). The fourth-order valence-electron chi connectivity index (χ4n) is 3.19. The number of amides is 1. The van der Waals surface area contributed by atoms with Crippen LogP contribution in [-0.2, 0) is 19.0 Å². The number of carbonyl (C=O) groups is 1. The van der Waals surface area contributed by atoms with Crippen molar-refractivity contribution >= 4 is 51.2 Å². The normalized spacial score (nSPS) is 12.2. The van der Waals surface area contributed by atoms with Gasteiger partial charge < -0.3 is 24.4 Å². The molecule has 1 N–H and O–H groups in total. The molecular weight excluding hydrogens is 500 g/mol. The first-order valence-corrected chi connectivity index (χ1v) is 14.0. The number of hydrogen-bond donors (Lipinski definition) is 1. The molecule has 0 radical (unpaired) electrons.